The van der Waals surface area contributed by atoms with Crippen molar-refractivity contribution in [3.8, 4) is 11.5 Å². The second-order valence-electron chi connectivity index (χ2n) is 5.55. The molecule has 0 aliphatic rings. The van der Waals surface area contributed by atoms with Gasteiger partial charge in [-0.15, -0.1) is 0 Å². The van der Waals surface area contributed by atoms with E-state index in [2.05, 4.69) is 10.3 Å². The first-order chi connectivity index (χ1) is 12.4. The third-order valence-electron chi connectivity index (χ3n) is 3.59. The number of carbonyl (C=O) groups excluding carboxylic acids is 1. The number of hydrogen-bond donors (Lipinski definition) is 2. The van der Waals surface area contributed by atoms with E-state index in [1.54, 1.807) is 31.2 Å². The van der Waals surface area contributed by atoms with Gasteiger partial charge in [0.05, 0.1) is 5.56 Å². The quantitative estimate of drug-likeness (QED) is 0.707. The van der Waals surface area contributed by atoms with Gasteiger partial charge in [-0.2, -0.15) is 0 Å². The molecule has 2 aromatic carbocycles. The first-order valence-corrected chi connectivity index (χ1v) is 8.04. The molecule has 0 fully saturated rings. The zero-order chi connectivity index (χ0) is 18.7. The molecule has 0 saturated heterocycles. The Labute approximate surface area is 153 Å². The average Bonchev–Trinajstić information content (AvgIpc) is 2.59. The van der Waals surface area contributed by atoms with Gasteiger partial charge in [-0.25, -0.2) is 4.39 Å². The number of benzene rings is 2. The van der Waals surface area contributed by atoms with Crippen molar-refractivity contribution in [2.45, 2.75) is 6.92 Å². The number of anilines is 1. The van der Waals surface area contributed by atoms with Crippen LogP contribution in [0.5, 0.6) is 11.5 Å². The van der Waals surface area contributed by atoms with Crippen LogP contribution in [0.1, 0.15) is 15.9 Å². The number of rotatable bonds is 4. The molecule has 0 aliphatic carbocycles. The molecule has 3 aromatic rings. The highest BCUT2D eigenvalue weighted by atomic mass is 35.5. The van der Waals surface area contributed by atoms with Gasteiger partial charge in [-0.3, -0.25) is 9.59 Å². The molecule has 2 N–H and O–H groups in total. The van der Waals surface area contributed by atoms with Gasteiger partial charge in [0, 0.05) is 29.0 Å². The molecule has 0 spiro atoms. The Bertz CT molecular complexity index is 1030. The molecule has 0 saturated carbocycles. The SMILES string of the molecule is Cc1ccc(Oc2ccc(Cl)cc2C(=O)Nc2cc[nH]c(=O)c2)cc1F. The normalized spacial score (nSPS) is 10.4. The number of halogens is 2. The van der Waals surface area contributed by atoms with Crippen LogP contribution in [0.25, 0.3) is 0 Å². The lowest BCUT2D eigenvalue weighted by atomic mass is 10.1. The van der Waals surface area contributed by atoms with E-state index in [-0.39, 0.29) is 22.6 Å². The molecule has 1 aromatic heterocycles. The lowest BCUT2D eigenvalue weighted by Crippen LogP contribution is -2.15. The Balaban J connectivity index is 1.91. The minimum absolute atomic E-state index is 0.152. The van der Waals surface area contributed by atoms with E-state index in [0.29, 0.717) is 16.3 Å². The maximum Gasteiger partial charge on any atom is 0.259 e. The Morgan fingerprint density at radius 1 is 1.15 bits per heavy atom. The molecular formula is C19H14ClFN2O3. The number of aromatic amines is 1. The first-order valence-electron chi connectivity index (χ1n) is 7.66. The van der Waals surface area contributed by atoms with Crippen LogP contribution in [-0.4, -0.2) is 10.9 Å². The molecular weight excluding hydrogens is 359 g/mol. The van der Waals surface area contributed by atoms with Crippen molar-refractivity contribution in [2.75, 3.05) is 5.32 Å². The molecule has 132 valence electrons. The van der Waals surface area contributed by atoms with E-state index in [1.165, 1.54) is 30.5 Å². The van der Waals surface area contributed by atoms with Gasteiger partial charge in [0.15, 0.2) is 0 Å². The number of aromatic nitrogens is 1. The predicted molar refractivity (Wildman–Crippen MR) is 97.7 cm³/mol. The smallest absolute Gasteiger partial charge is 0.259 e. The van der Waals surface area contributed by atoms with Gasteiger partial charge in [-0.1, -0.05) is 17.7 Å². The van der Waals surface area contributed by atoms with Gasteiger partial charge in [-0.05, 0) is 42.8 Å². The highest BCUT2D eigenvalue weighted by Gasteiger charge is 2.15. The maximum absolute atomic E-state index is 13.7. The van der Waals surface area contributed by atoms with Crippen LogP contribution in [0.2, 0.25) is 5.02 Å². The van der Waals surface area contributed by atoms with Gasteiger partial charge in [0.1, 0.15) is 17.3 Å². The van der Waals surface area contributed by atoms with E-state index >= 15 is 0 Å². The summed E-state index contributed by atoms with van der Waals surface area (Å²) in [4.78, 5) is 26.4. The summed E-state index contributed by atoms with van der Waals surface area (Å²) >= 11 is 5.99. The van der Waals surface area contributed by atoms with Crippen LogP contribution < -0.4 is 15.6 Å². The molecule has 1 amide bonds. The lowest BCUT2D eigenvalue weighted by Gasteiger charge is -2.12. The number of amides is 1. The van der Waals surface area contributed by atoms with E-state index < -0.39 is 11.7 Å². The van der Waals surface area contributed by atoms with Crippen molar-refractivity contribution in [1.82, 2.24) is 4.98 Å². The second-order valence-corrected chi connectivity index (χ2v) is 5.99. The largest absolute Gasteiger partial charge is 0.456 e. The monoisotopic (exact) mass is 372 g/mol. The summed E-state index contributed by atoms with van der Waals surface area (Å²) in [7, 11) is 0. The van der Waals surface area contributed by atoms with E-state index in [1.807, 2.05) is 0 Å². The molecule has 0 radical (unpaired) electrons. The Hall–Kier alpha value is -3.12. The predicted octanol–water partition coefficient (Wildman–Crippen LogP) is 4.52. The van der Waals surface area contributed by atoms with Crippen LogP contribution in [0.4, 0.5) is 10.1 Å². The minimum atomic E-state index is -0.513. The molecule has 0 bridgehead atoms. The fourth-order valence-electron chi connectivity index (χ4n) is 2.25. The van der Waals surface area contributed by atoms with E-state index in [0.717, 1.165) is 0 Å². The zero-order valence-electron chi connectivity index (χ0n) is 13.7. The highest BCUT2D eigenvalue weighted by molar-refractivity contribution is 6.31. The number of aryl methyl sites for hydroxylation is 1. The number of pyridine rings is 1. The summed E-state index contributed by atoms with van der Waals surface area (Å²) < 4.78 is 19.4. The fourth-order valence-corrected chi connectivity index (χ4v) is 2.43. The number of nitrogens with one attached hydrogen (secondary N) is 2. The summed E-state index contributed by atoms with van der Waals surface area (Å²) in [6.07, 6.45) is 1.42. The summed E-state index contributed by atoms with van der Waals surface area (Å²) in [5.41, 5.74) is 0.617. The van der Waals surface area contributed by atoms with Crippen molar-refractivity contribution in [3.05, 3.63) is 87.0 Å². The van der Waals surface area contributed by atoms with Gasteiger partial charge >= 0.3 is 0 Å². The average molecular weight is 373 g/mol. The Kier molecular flexibility index (Phi) is 5.04. The number of H-pyrrole nitrogens is 1. The molecule has 1 heterocycles. The molecule has 0 aliphatic heterocycles. The number of carbonyl (C=O) groups is 1. The molecule has 3 rings (SSSR count). The third kappa shape index (κ3) is 4.10. The van der Waals surface area contributed by atoms with Crippen LogP contribution in [-0.2, 0) is 0 Å². The summed E-state index contributed by atoms with van der Waals surface area (Å²) in [5, 5.41) is 2.94. The molecule has 5 nitrogen and oxygen atoms in total. The summed E-state index contributed by atoms with van der Waals surface area (Å²) in [5.74, 6) is -0.465. The van der Waals surface area contributed by atoms with Crippen molar-refractivity contribution in [1.29, 1.82) is 0 Å². The second kappa shape index (κ2) is 7.41. The lowest BCUT2D eigenvalue weighted by molar-refractivity contribution is 0.102. The van der Waals surface area contributed by atoms with Crippen molar-refractivity contribution in [2.24, 2.45) is 0 Å². The first kappa shape index (κ1) is 17.7. The standard InChI is InChI=1S/C19H14ClFN2O3/c1-11-2-4-14(10-16(11)21)26-17-5-3-12(20)8-15(17)19(25)23-13-6-7-22-18(24)9-13/h2-10H,1H3,(H2,22,23,24,25). The van der Waals surface area contributed by atoms with Crippen molar-refractivity contribution < 1.29 is 13.9 Å². The molecule has 7 heteroatoms. The van der Waals surface area contributed by atoms with E-state index in [9.17, 15) is 14.0 Å². The van der Waals surface area contributed by atoms with Crippen LogP contribution in [0, 0.1) is 12.7 Å². The summed E-state index contributed by atoms with van der Waals surface area (Å²) in [6, 6.07) is 11.7. The third-order valence-corrected chi connectivity index (χ3v) is 3.83. The van der Waals surface area contributed by atoms with Crippen LogP contribution in [0.15, 0.2) is 59.5 Å². The van der Waals surface area contributed by atoms with Gasteiger partial charge < -0.3 is 15.0 Å². The summed E-state index contributed by atoms with van der Waals surface area (Å²) in [6.45, 7) is 1.64. The minimum Gasteiger partial charge on any atom is -0.456 e. The molecule has 26 heavy (non-hydrogen) atoms. The van der Waals surface area contributed by atoms with E-state index in [4.69, 9.17) is 16.3 Å². The number of ether oxygens (including phenoxy) is 1. The molecule has 0 atom stereocenters. The van der Waals surface area contributed by atoms with Gasteiger partial charge in [0.25, 0.3) is 5.91 Å². The fraction of sp³-hybridized carbons (Fsp3) is 0.0526. The van der Waals surface area contributed by atoms with Crippen molar-refractivity contribution in [3.63, 3.8) is 0 Å². The van der Waals surface area contributed by atoms with Crippen LogP contribution in [0.3, 0.4) is 0 Å². The van der Waals surface area contributed by atoms with Crippen molar-refractivity contribution >= 4 is 23.2 Å². The molecule has 0 unspecified atom stereocenters. The number of hydrogen-bond acceptors (Lipinski definition) is 3. The highest BCUT2D eigenvalue weighted by Crippen LogP contribution is 2.29. The topological polar surface area (TPSA) is 71.2 Å². The maximum atomic E-state index is 13.7. The van der Waals surface area contributed by atoms with Gasteiger partial charge in [0.2, 0.25) is 5.56 Å². The zero-order valence-corrected chi connectivity index (χ0v) is 14.4. The Morgan fingerprint density at radius 3 is 2.69 bits per heavy atom. The Morgan fingerprint density at radius 2 is 1.96 bits per heavy atom. The van der Waals surface area contributed by atoms with Crippen LogP contribution >= 0.6 is 11.6 Å².